The van der Waals surface area contributed by atoms with Gasteiger partial charge in [0.2, 0.25) is 5.91 Å². The van der Waals surface area contributed by atoms with E-state index in [-0.39, 0.29) is 18.8 Å². The van der Waals surface area contributed by atoms with E-state index >= 15 is 0 Å². The van der Waals surface area contributed by atoms with E-state index in [1.807, 2.05) is 5.32 Å². The lowest BCUT2D eigenvalue weighted by atomic mass is 10.4. The third-order valence-electron chi connectivity index (χ3n) is 1.22. The molecule has 14 heavy (non-hydrogen) atoms. The second-order valence-corrected chi connectivity index (χ2v) is 2.53. The minimum atomic E-state index is -0.681. The van der Waals surface area contributed by atoms with Crippen LogP contribution in [0.5, 0.6) is 0 Å². The summed E-state index contributed by atoms with van der Waals surface area (Å²) in [5, 5.41) is 4.23. The largest absolute Gasteiger partial charge is 0.469 e. The quantitative estimate of drug-likeness (QED) is 0.501. The zero-order valence-corrected chi connectivity index (χ0v) is 8.39. The number of rotatable bonds is 4. The van der Waals surface area contributed by atoms with Gasteiger partial charge in [-0.05, 0) is 0 Å². The molecule has 0 saturated carbocycles. The second kappa shape index (κ2) is 7.14. The fourth-order valence-electron chi connectivity index (χ4n) is 0.584. The minimum absolute atomic E-state index is 0.0545. The van der Waals surface area contributed by atoms with E-state index in [1.54, 1.807) is 0 Å². The van der Waals surface area contributed by atoms with Crippen molar-refractivity contribution in [2.75, 3.05) is 19.5 Å². The Morgan fingerprint density at radius 2 is 2.00 bits per heavy atom. The highest BCUT2D eigenvalue weighted by Gasteiger charge is 2.06. The topological polar surface area (TPSA) is 84.5 Å². The highest BCUT2D eigenvalue weighted by atomic mass is 35.5. The Morgan fingerprint density at radius 3 is 2.50 bits per heavy atom. The predicted octanol–water partition coefficient (Wildman–Crippen LogP) is -0.386. The fraction of sp³-hybridized carbons (Fsp3) is 0.571. The lowest BCUT2D eigenvalue weighted by Gasteiger charge is -2.04. The average Bonchev–Trinajstić information content (AvgIpc) is 2.17. The Kier molecular flexibility index (Phi) is 6.47. The molecule has 6 nitrogen and oxygen atoms in total. The van der Waals surface area contributed by atoms with Gasteiger partial charge in [0.25, 0.3) is 0 Å². The van der Waals surface area contributed by atoms with Crippen LogP contribution in [0.3, 0.4) is 0 Å². The number of carbonyl (C=O) groups is 3. The second-order valence-electron chi connectivity index (χ2n) is 2.26. The number of hydrogen-bond acceptors (Lipinski definition) is 4. The third kappa shape index (κ3) is 6.24. The molecule has 0 fully saturated rings. The van der Waals surface area contributed by atoms with Crippen LogP contribution in [0.4, 0.5) is 4.79 Å². The van der Waals surface area contributed by atoms with Gasteiger partial charge in [-0.2, -0.15) is 0 Å². The van der Waals surface area contributed by atoms with Gasteiger partial charge in [0.1, 0.15) is 5.88 Å². The van der Waals surface area contributed by atoms with Crippen molar-refractivity contribution in [3.05, 3.63) is 0 Å². The van der Waals surface area contributed by atoms with E-state index in [9.17, 15) is 14.4 Å². The highest BCUT2D eigenvalue weighted by molar-refractivity contribution is 6.28. The van der Waals surface area contributed by atoms with Gasteiger partial charge in [0, 0.05) is 6.54 Å². The van der Waals surface area contributed by atoms with Crippen LogP contribution in [0.1, 0.15) is 6.42 Å². The van der Waals surface area contributed by atoms with Gasteiger partial charge in [-0.3, -0.25) is 14.9 Å². The van der Waals surface area contributed by atoms with E-state index in [0.29, 0.717) is 0 Å². The standard InChI is InChI=1S/C7H11ClN2O4/c1-14-6(12)2-3-9-7(13)10-5(11)4-8/h2-4H2,1H3,(H2,9,10,11,13). The molecule has 0 aromatic carbocycles. The van der Waals surface area contributed by atoms with Crippen LogP contribution in [0, 0.1) is 0 Å². The lowest BCUT2D eigenvalue weighted by molar-refractivity contribution is -0.140. The maximum absolute atomic E-state index is 10.8. The molecule has 0 heterocycles. The molecule has 0 aliphatic carbocycles. The molecule has 3 amide bonds. The van der Waals surface area contributed by atoms with Crippen molar-refractivity contribution in [2.45, 2.75) is 6.42 Å². The average molecular weight is 223 g/mol. The minimum Gasteiger partial charge on any atom is -0.469 e. The summed E-state index contributed by atoms with van der Waals surface area (Å²) >= 11 is 5.14. The van der Waals surface area contributed by atoms with Crippen molar-refractivity contribution in [1.29, 1.82) is 0 Å². The van der Waals surface area contributed by atoms with Gasteiger partial charge < -0.3 is 10.1 Å². The summed E-state index contributed by atoms with van der Waals surface area (Å²) in [5.74, 6) is -1.32. The molecule has 0 unspecified atom stereocenters. The van der Waals surface area contributed by atoms with Gasteiger partial charge >= 0.3 is 12.0 Å². The number of ether oxygens (including phenoxy) is 1. The predicted molar refractivity (Wildman–Crippen MR) is 48.9 cm³/mol. The maximum Gasteiger partial charge on any atom is 0.321 e. The van der Waals surface area contributed by atoms with Gasteiger partial charge in [-0.25, -0.2) is 4.79 Å². The molecule has 0 radical (unpaired) electrons. The summed E-state index contributed by atoms with van der Waals surface area (Å²) in [6, 6.07) is -0.681. The van der Waals surface area contributed by atoms with Crippen molar-refractivity contribution < 1.29 is 19.1 Å². The van der Waals surface area contributed by atoms with Crippen molar-refractivity contribution in [1.82, 2.24) is 10.6 Å². The van der Waals surface area contributed by atoms with Crippen molar-refractivity contribution in [2.24, 2.45) is 0 Å². The van der Waals surface area contributed by atoms with E-state index in [2.05, 4.69) is 10.1 Å². The number of nitrogens with one attached hydrogen (secondary N) is 2. The SMILES string of the molecule is COC(=O)CCNC(=O)NC(=O)CCl. The molecule has 80 valence electrons. The van der Waals surface area contributed by atoms with E-state index in [0.717, 1.165) is 0 Å². The van der Waals surface area contributed by atoms with Crippen LogP contribution in [-0.2, 0) is 14.3 Å². The Morgan fingerprint density at radius 1 is 1.36 bits per heavy atom. The molecule has 0 saturated heterocycles. The Balaban J connectivity index is 3.54. The van der Waals surface area contributed by atoms with Crippen molar-refractivity contribution in [3.63, 3.8) is 0 Å². The number of imide groups is 1. The normalized spacial score (nSPS) is 9.00. The molecular weight excluding hydrogens is 212 g/mol. The summed E-state index contributed by atoms with van der Waals surface area (Å²) in [5.41, 5.74) is 0. The number of alkyl halides is 1. The van der Waals surface area contributed by atoms with Crippen LogP contribution >= 0.6 is 11.6 Å². The first-order valence-electron chi connectivity index (χ1n) is 3.80. The first kappa shape index (κ1) is 12.7. The van der Waals surface area contributed by atoms with Gasteiger partial charge in [0.05, 0.1) is 13.5 Å². The van der Waals surface area contributed by atoms with Crippen LogP contribution < -0.4 is 10.6 Å². The van der Waals surface area contributed by atoms with E-state index in [4.69, 9.17) is 11.6 Å². The monoisotopic (exact) mass is 222 g/mol. The van der Waals surface area contributed by atoms with Crippen molar-refractivity contribution >= 4 is 29.5 Å². The number of amides is 3. The summed E-state index contributed by atoms with van der Waals surface area (Å²) < 4.78 is 4.34. The Hall–Kier alpha value is -1.30. The number of carbonyl (C=O) groups excluding carboxylic acids is 3. The summed E-state index contributed by atoms with van der Waals surface area (Å²) in [7, 11) is 1.25. The molecule has 0 aliphatic heterocycles. The van der Waals surface area contributed by atoms with Gasteiger partial charge in [-0.15, -0.1) is 11.6 Å². The fourth-order valence-corrected chi connectivity index (χ4v) is 0.651. The summed E-state index contributed by atoms with van der Waals surface area (Å²) in [6.07, 6.45) is 0.0545. The van der Waals surface area contributed by atoms with Gasteiger partial charge in [0.15, 0.2) is 0 Å². The van der Waals surface area contributed by atoms with Gasteiger partial charge in [-0.1, -0.05) is 0 Å². The van der Waals surface area contributed by atoms with E-state index < -0.39 is 17.9 Å². The first-order valence-corrected chi connectivity index (χ1v) is 4.34. The molecule has 2 N–H and O–H groups in total. The molecule has 0 atom stereocenters. The molecule has 0 aliphatic rings. The lowest BCUT2D eigenvalue weighted by Crippen LogP contribution is -2.40. The molecule has 0 aromatic rings. The number of urea groups is 1. The molecule has 0 aromatic heterocycles. The number of halogens is 1. The highest BCUT2D eigenvalue weighted by Crippen LogP contribution is 1.81. The Bertz CT molecular complexity index is 232. The molecule has 0 spiro atoms. The van der Waals surface area contributed by atoms with Crippen LogP contribution in [0.15, 0.2) is 0 Å². The molecular formula is C7H11ClN2O4. The third-order valence-corrected chi connectivity index (χ3v) is 1.46. The van der Waals surface area contributed by atoms with Crippen LogP contribution in [-0.4, -0.2) is 37.4 Å². The maximum atomic E-state index is 10.8. The number of esters is 1. The smallest absolute Gasteiger partial charge is 0.321 e. The van der Waals surface area contributed by atoms with E-state index in [1.165, 1.54) is 7.11 Å². The summed E-state index contributed by atoms with van der Waals surface area (Å²) in [6.45, 7) is 0.105. The first-order chi connectivity index (χ1) is 6.60. The van der Waals surface area contributed by atoms with Crippen LogP contribution in [0.25, 0.3) is 0 Å². The molecule has 0 bridgehead atoms. The van der Waals surface area contributed by atoms with Crippen molar-refractivity contribution in [3.8, 4) is 0 Å². The zero-order valence-electron chi connectivity index (χ0n) is 7.63. The zero-order chi connectivity index (χ0) is 11.0. The van der Waals surface area contributed by atoms with Crippen LogP contribution in [0.2, 0.25) is 0 Å². The summed E-state index contributed by atoms with van der Waals surface area (Å²) in [4.78, 5) is 32.0. The Labute approximate surface area is 85.9 Å². The number of hydrogen-bond donors (Lipinski definition) is 2. The molecule has 7 heteroatoms. The number of methoxy groups -OCH3 is 1. The molecule has 0 rings (SSSR count).